The fourth-order valence-electron chi connectivity index (χ4n) is 1.90. The van der Waals surface area contributed by atoms with Crippen molar-refractivity contribution in [3.63, 3.8) is 0 Å². The van der Waals surface area contributed by atoms with Gasteiger partial charge in [-0.05, 0) is 40.7 Å². The first-order chi connectivity index (χ1) is 8.51. The smallest absolute Gasteiger partial charge is 0.0152 e. The number of hydrogen-bond acceptors (Lipinski definition) is 0. The summed E-state index contributed by atoms with van der Waals surface area (Å²) in [5.74, 6) is 0.521. The molecule has 0 radical (unpaired) electrons. The first kappa shape index (κ1) is 14.2. The fourth-order valence-corrected chi connectivity index (χ4v) is 1.90. The van der Waals surface area contributed by atoms with Crippen LogP contribution < -0.4 is 0 Å². The van der Waals surface area contributed by atoms with E-state index >= 15 is 0 Å². The molecule has 0 nitrogen and oxygen atoms in total. The normalized spacial score (nSPS) is 11.4. The number of rotatable bonds is 5. The Morgan fingerprint density at radius 1 is 1.22 bits per heavy atom. The van der Waals surface area contributed by atoms with Crippen LogP contribution in [0, 0.1) is 6.92 Å². The van der Waals surface area contributed by atoms with Crippen LogP contribution in [0.1, 0.15) is 36.5 Å². The summed E-state index contributed by atoms with van der Waals surface area (Å²) in [7, 11) is 0. The first-order valence-corrected chi connectivity index (χ1v) is 6.26. The third-order valence-corrected chi connectivity index (χ3v) is 3.12. The lowest BCUT2D eigenvalue weighted by Crippen LogP contribution is -1.94. The highest BCUT2D eigenvalue weighted by molar-refractivity contribution is 5.82. The van der Waals surface area contributed by atoms with Crippen LogP contribution in [0.25, 0.3) is 5.57 Å². The molecule has 1 aromatic carbocycles. The number of hydrogen-bond donors (Lipinski definition) is 0. The zero-order chi connectivity index (χ0) is 13.7. The monoisotopic (exact) mass is 238 g/mol. The Bertz CT molecular complexity index is 499. The van der Waals surface area contributed by atoms with Gasteiger partial charge in [0.15, 0.2) is 0 Å². The average Bonchev–Trinajstić information content (AvgIpc) is 2.35. The minimum Gasteiger partial charge on any atom is -0.0990 e. The van der Waals surface area contributed by atoms with Gasteiger partial charge < -0.3 is 0 Å². The number of benzene rings is 1. The van der Waals surface area contributed by atoms with Crippen molar-refractivity contribution in [3.05, 3.63) is 78.4 Å². The van der Waals surface area contributed by atoms with Crippen molar-refractivity contribution < 1.29 is 0 Å². The van der Waals surface area contributed by atoms with Gasteiger partial charge in [-0.3, -0.25) is 0 Å². The van der Waals surface area contributed by atoms with Gasteiger partial charge in [0.25, 0.3) is 0 Å². The molecule has 18 heavy (non-hydrogen) atoms. The lowest BCUT2D eigenvalue weighted by atomic mass is 9.91. The molecule has 0 amide bonds. The van der Waals surface area contributed by atoms with Crippen LogP contribution in [0.5, 0.6) is 0 Å². The molecule has 0 atom stereocenters. The maximum Gasteiger partial charge on any atom is -0.0152 e. The summed E-state index contributed by atoms with van der Waals surface area (Å²) >= 11 is 0. The second-order valence-electron chi connectivity index (χ2n) is 4.77. The van der Waals surface area contributed by atoms with Crippen LogP contribution in [0.2, 0.25) is 0 Å². The minimum atomic E-state index is 0.521. The predicted octanol–water partition coefficient (Wildman–Crippen LogP) is 5.43. The molecule has 0 fully saturated rings. The van der Waals surface area contributed by atoms with Crippen molar-refractivity contribution in [3.8, 4) is 0 Å². The van der Waals surface area contributed by atoms with Crippen molar-refractivity contribution in [2.24, 2.45) is 0 Å². The molecule has 0 heteroatoms. The van der Waals surface area contributed by atoms with Crippen LogP contribution in [0.4, 0.5) is 0 Å². The van der Waals surface area contributed by atoms with Gasteiger partial charge in [0.2, 0.25) is 0 Å². The average molecular weight is 238 g/mol. The Kier molecular flexibility index (Phi) is 4.91. The molecule has 0 bridgehead atoms. The molecule has 0 saturated heterocycles. The molecular formula is C18H22. The Morgan fingerprint density at radius 3 is 2.39 bits per heavy atom. The lowest BCUT2D eigenvalue weighted by molar-refractivity contribution is 0.865. The summed E-state index contributed by atoms with van der Waals surface area (Å²) in [5.41, 5.74) is 5.79. The van der Waals surface area contributed by atoms with E-state index < -0.39 is 0 Å². The third-order valence-electron chi connectivity index (χ3n) is 3.12. The highest BCUT2D eigenvalue weighted by Gasteiger charge is 2.08. The molecule has 0 unspecified atom stereocenters. The lowest BCUT2D eigenvalue weighted by Gasteiger charge is -2.14. The first-order valence-electron chi connectivity index (χ1n) is 6.26. The Morgan fingerprint density at radius 2 is 1.89 bits per heavy atom. The maximum atomic E-state index is 4.19. The second kappa shape index (κ2) is 6.20. The molecule has 0 saturated carbocycles. The number of aryl methyl sites for hydroxylation is 1. The van der Waals surface area contributed by atoms with Gasteiger partial charge in [-0.2, -0.15) is 0 Å². The quantitative estimate of drug-likeness (QED) is 0.600. The summed E-state index contributed by atoms with van der Waals surface area (Å²) < 4.78 is 0. The molecule has 1 rings (SSSR count). The molecule has 0 N–H and O–H groups in total. The van der Waals surface area contributed by atoms with E-state index in [1.54, 1.807) is 6.08 Å². The van der Waals surface area contributed by atoms with Crippen LogP contribution >= 0.6 is 0 Å². The molecule has 94 valence electrons. The van der Waals surface area contributed by atoms with Gasteiger partial charge >= 0.3 is 0 Å². The molecule has 0 aliphatic heterocycles. The highest BCUT2D eigenvalue weighted by atomic mass is 14.1. The summed E-state index contributed by atoms with van der Waals surface area (Å²) in [6.45, 7) is 18.3. The third kappa shape index (κ3) is 3.10. The Hall–Kier alpha value is -1.82. The molecule has 0 heterocycles. The molecular weight excluding hydrogens is 216 g/mol. The van der Waals surface area contributed by atoms with Gasteiger partial charge in [0, 0.05) is 0 Å². The minimum absolute atomic E-state index is 0.521. The van der Waals surface area contributed by atoms with Crippen LogP contribution in [0.3, 0.4) is 0 Å². The summed E-state index contributed by atoms with van der Waals surface area (Å²) in [5, 5.41) is 0. The van der Waals surface area contributed by atoms with Crippen LogP contribution in [-0.4, -0.2) is 0 Å². The second-order valence-corrected chi connectivity index (χ2v) is 4.77. The van der Waals surface area contributed by atoms with E-state index in [4.69, 9.17) is 0 Å². The zero-order valence-electron chi connectivity index (χ0n) is 11.7. The van der Waals surface area contributed by atoms with Crippen LogP contribution in [0.15, 0.2) is 61.7 Å². The summed E-state index contributed by atoms with van der Waals surface area (Å²) in [4.78, 5) is 0. The largest absolute Gasteiger partial charge is 0.0990 e. The predicted molar refractivity (Wildman–Crippen MR) is 82.8 cm³/mol. The fraction of sp³-hybridized carbons (Fsp3) is 0.222. The maximum absolute atomic E-state index is 4.19. The van der Waals surface area contributed by atoms with Gasteiger partial charge in [-0.25, -0.2) is 0 Å². The SMILES string of the molecule is C=C/C=C(/C=C)C(=C)c1cc(C(C)C)ccc1C. The van der Waals surface area contributed by atoms with Crippen molar-refractivity contribution in [1.82, 2.24) is 0 Å². The van der Waals surface area contributed by atoms with Crippen molar-refractivity contribution in [2.75, 3.05) is 0 Å². The summed E-state index contributed by atoms with van der Waals surface area (Å²) in [6, 6.07) is 6.56. The molecule has 0 aliphatic rings. The number of allylic oxidation sites excluding steroid dienone is 5. The van der Waals surface area contributed by atoms with E-state index in [-0.39, 0.29) is 0 Å². The van der Waals surface area contributed by atoms with Gasteiger partial charge in [-0.15, -0.1) is 0 Å². The highest BCUT2D eigenvalue weighted by Crippen LogP contribution is 2.28. The van der Waals surface area contributed by atoms with E-state index in [0.717, 1.165) is 11.1 Å². The van der Waals surface area contributed by atoms with E-state index in [1.807, 2.05) is 12.2 Å². The Balaban J connectivity index is 3.27. The van der Waals surface area contributed by atoms with E-state index in [9.17, 15) is 0 Å². The van der Waals surface area contributed by atoms with Gasteiger partial charge in [0.05, 0.1) is 0 Å². The zero-order valence-corrected chi connectivity index (χ0v) is 11.7. The molecule has 1 aromatic rings. The van der Waals surface area contributed by atoms with Crippen molar-refractivity contribution >= 4 is 5.57 Å². The van der Waals surface area contributed by atoms with Crippen molar-refractivity contribution in [2.45, 2.75) is 26.7 Å². The summed E-state index contributed by atoms with van der Waals surface area (Å²) in [6.07, 6.45) is 5.53. The van der Waals surface area contributed by atoms with E-state index in [2.05, 4.69) is 58.7 Å². The standard InChI is InChI=1S/C18H22/c1-7-9-16(8-2)15(6)18-12-17(13(3)4)11-10-14(18)5/h7-13H,1-2,6H2,3-5H3/b16-9-. The molecule has 0 aliphatic carbocycles. The van der Waals surface area contributed by atoms with Gasteiger partial charge in [0.1, 0.15) is 0 Å². The van der Waals surface area contributed by atoms with E-state index in [0.29, 0.717) is 5.92 Å². The Labute approximate surface area is 111 Å². The molecule has 0 spiro atoms. The van der Waals surface area contributed by atoms with Crippen LogP contribution in [-0.2, 0) is 0 Å². The molecule has 0 aromatic heterocycles. The van der Waals surface area contributed by atoms with E-state index in [1.165, 1.54) is 16.7 Å². The van der Waals surface area contributed by atoms with Crippen molar-refractivity contribution in [1.29, 1.82) is 0 Å². The van der Waals surface area contributed by atoms with Gasteiger partial charge in [-0.1, -0.05) is 70.0 Å². The topological polar surface area (TPSA) is 0 Å².